The van der Waals surface area contributed by atoms with E-state index in [0.717, 1.165) is 96.3 Å². The number of anilines is 3. The molecule has 3 aromatic rings. The van der Waals surface area contributed by atoms with Gasteiger partial charge in [0.15, 0.2) is 34.5 Å². The molecule has 0 saturated heterocycles. The summed E-state index contributed by atoms with van der Waals surface area (Å²) in [5, 5.41) is 9.62. The summed E-state index contributed by atoms with van der Waals surface area (Å²) < 4.78 is 37.8. The molecule has 3 aromatic carbocycles. The maximum absolute atomic E-state index is 14.6. The van der Waals surface area contributed by atoms with Crippen LogP contribution in [-0.4, -0.2) is 57.0 Å². The number of unbranched alkanes of at least 4 members (excludes halogenated alkanes) is 24. The van der Waals surface area contributed by atoms with Gasteiger partial charge in [-0.3, -0.25) is 14.4 Å². The van der Waals surface area contributed by atoms with Gasteiger partial charge in [-0.05, 0) is 74.9 Å². The average Bonchev–Trinajstić information content (AvgIpc) is 3.47. The van der Waals surface area contributed by atoms with E-state index in [-0.39, 0.29) is 16.7 Å². The lowest BCUT2D eigenvalue weighted by Crippen LogP contribution is -2.33. The van der Waals surface area contributed by atoms with Crippen LogP contribution in [0.3, 0.4) is 0 Å². The molecule has 81 heavy (non-hydrogen) atoms. The Morgan fingerprint density at radius 2 is 0.469 bits per heavy atom. The van der Waals surface area contributed by atoms with Gasteiger partial charge in [0.05, 0.1) is 56.4 Å². The first kappa shape index (κ1) is 67.6. The summed E-state index contributed by atoms with van der Waals surface area (Å²) in [6, 6.07) is 16.6. The summed E-state index contributed by atoms with van der Waals surface area (Å²) in [7, 11) is 0. The molecule has 0 bridgehead atoms. The Labute approximate surface area is 489 Å². The van der Waals surface area contributed by atoms with E-state index in [1.807, 2.05) is 54.6 Å². The van der Waals surface area contributed by atoms with Crippen molar-refractivity contribution in [3.8, 4) is 34.5 Å². The number of rotatable bonds is 48. The molecule has 1 saturated carbocycles. The number of Topliss-reactive ketones (excluding diaryl/α,β-unsaturated/α-hetero) is 3. The van der Waals surface area contributed by atoms with Crippen LogP contribution in [0.1, 0.15) is 234 Å². The topological polar surface area (TPSA) is 143 Å². The lowest BCUT2D eigenvalue weighted by Gasteiger charge is -2.19. The van der Waals surface area contributed by atoms with Crippen molar-refractivity contribution < 1.29 is 42.8 Å². The van der Waals surface area contributed by atoms with Crippen molar-refractivity contribution in [3.63, 3.8) is 0 Å². The summed E-state index contributed by atoms with van der Waals surface area (Å²) in [5.41, 5.74) is 1.16. The third-order valence-electron chi connectivity index (χ3n) is 14.5. The number of allylic oxidation sites excluding steroid dienone is 3. The van der Waals surface area contributed by atoms with E-state index in [2.05, 4.69) is 57.5 Å². The minimum absolute atomic E-state index is 0.203. The van der Waals surface area contributed by atoms with E-state index in [1.165, 1.54) is 115 Å². The first-order valence-corrected chi connectivity index (χ1v) is 32.0. The number of carbonyl (C=O) groups is 3. The minimum Gasteiger partial charge on any atom is -0.490 e. The highest BCUT2D eigenvalue weighted by Crippen LogP contribution is 2.35. The molecule has 12 heteroatoms. The quantitative estimate of drug-likeness (QED) is 0.0281. The lowest BCUT2D eigenvalue weighted by molar-refractivity contribution is -0.124. The molecular formula is C69H105N3O9. The van der Waals surface area contributed by atoms with Gasteiger partial charge >= 0.3 is 0 Å². The summed E-state index contributed by atoms with van der Waals surface area (Å²) in [6.45, 7) is 16.6. The molecule has 450 valence electrons. The zero-order valence-corrected chi connectivity index (χ0v) is 51.1. The van der Waals surface area contributed by atoms with Crippen molar-refractivity contribution in [1.29, 1.82) is 0 Å². The second kappa shape index (κ2) is 42.9. The average molecular weight is 1120 g/mol. The summed E-state index contributed by atoms with van der Waals surface area (Å²) in [4.78, 5) is 43.7. The van der Waals surface area contributed by atoms with E-state index in [1.54, 1.807) is 0 Å². The van der Waals surface area contributed by atoms with E-state index in [4.69, 9.17) is 28.4 Å². The van der Waals surface area contributed by atoms with Gasteiger partial charge in [0.2, 0.25) is 17.3 Å². The second-order valence-corrected chi connectivity index (χ2v) is 21.7. The van der Waals surface area contributed by atoms with Crippen molar-refractivity contribution in [1.82, 2.24) is 0 Å². The largest absolute Gasteiger partial charge is 0.490 e. The summed E-state index contributed by atoms with van der Waals surface area (Å²) in [6.07, 6.45) is 37.5. The summed E-state index contributed by atoms with van der Waals surface area (Å²) >= 11 is 0. The van der Waals surface area contributed by atoms with Gasteiger partial charge in [0.25, 0.3) is 0 Å². The van der Waals surface area contributed by atoms with Crippen molar-refractivity contribution in [2.45, 2.75) is 234 Å². The molecule has 0 radical (unpaired) electrons. The van der Waals surface area contributed by atoms with Crippen LogP contribution < -0.4 is 44.4 Å². The van der Waals surface area contributed by atoms with Crippen LogP contribution in [0.2, 0.25) is 0 Å². The molecule has 0 spiro atoms. The highest BCUT2D eigenvalue weighted by Gasteiger charge is 2.38. The molecule has 0 atom stereocenters. The highest BCUT2D eigenvalue weighted by atomic mass is 16.5. The van der Waals surface area contributed by atoms with E-state index >= 15 is 0 Å². The number of nitrogens with one attached hydrogen (secondary N) is 3. The Balaban J connectivity index is 1.69. The predicted molar refractivity (Wildman–Crippen MR) is 335 cm³/mol. The molecule has 3 N–H and O–H groups in total. The molecule has 0 amide bonds. The Morgan fingerprint density at radius 1 is 0.272 bits per heavy atom. The van der Waals surface area contributed by atoms with Crippen LogP contribution in [0, 0.1) is 0 Å². The molecule has 1 aliphatic carbocycles. The second-order valence-electron chi connectivity index (χ2n) is 21.7. The van der Waals surface area contributed by atoms with Gasteiger partial charge < -0.3 is 44.4 Å². The van der Waals surface area contributed by atoms with Gasteiger partial charge in [-0.25, -0.2) is 0 Å². The van der Waals surface area contributed by atoms with Crippen molar-refractivity contribution in [2.24, 2.45) is 0 Å². The molecular weight excluding hydrogens is 1010 g/mol. The Kier molecular flexibility index (Phi) is 35.8. The minimum atomic E-state index is -0.717. The standard InChI is InChI=1S/C69H105N3O9/c1-7-13-19-25-31-43-76-61-40-37-55(49-64(61)79-46-34-28-22-16-10-4)70-52-58-67(73)59(53-71-56-38-41-62(77-44-32-26-20-14-8-2)65(50-56)80-47-35-29-23-17-11-5)69(75)60(68(58)74)54-72-57-39-42-63(78-45-33-27-21-15-9-3)66(51-57)81-48-36-30-24-18-12-6/h37-42,49-54,70-72H,7-36,43-48H2,1-6H3. The SMILES string of the molecule is CCCCCCCOc1ccc(NC=C2C(=O)C(=CNc3ccc(OCCCCCCC)c(OCCCCCCC)c3)C(=O)C(=CNc3ccc(OCCCCCCC)c(OCCCCCCC)c3)C2=O)cc1OCCCCCCC. The molecule has 1 fully saturated rings. The van der Waals surface area contributed by atoms with Crippen molar-refractivity contribution in [2.75, 3.05) is 55.6 Å². The molecule has 0 aromatic heterocycles. The van der Waals surface area contributed by atoms with Crippen LogP contribution in [0.4, 0.5) is 17.1 Å². The number of hydrogen-bond donors (Lipinski definition) is 3. The maximum atomic E-state index is 14.6. The number of ether oxygens (including phenoxy) is 6. The normalized spacial score (nSPS) is 12.4. The Bertz CT molecular complexity index is 2060. The summed E-state index contributed by atoms with van der Waals surface area (Å²) in [5.74, 6) is 1.53. The van der Waals surface area contributed by atoms with E-state index < -0.39 is 17.3 Å². The van der Waals surface area contributed by atoms with Crippen molar-refractivity contribution >= 4 is 34.4 Å². The molecule has 0 aliphatic heterocycles. The van der Waals surface area contributed by atoms with Crippen LogP contribution >= 0.6 is 0 Å². The monoisotopic (exact) mass is 1120 g/mol. The molecule has 0 heterocycles. The van der Waals surface area contributed by atoms with E-state index in [0.29, 0.717) is 91.2 Å². The molecule has 1 aliphatic rings. The first-order valence-electron chi connectivity index (χ1n) is 32.0. The molecule has 4 rings (SSSR count). The number of hydrogen-bond acceptors (Lipinski definition) is 12. The fraction of sp³-hybridized carbons (Fsp3) is 0.609. The number of ketones is 3. The van der Waals surface area contributed by atoms with Crippen LogP contribution in [0.5, 0.6) is 34.5 Å². The molecule has 0 unspecified atom stereocenters. The predicted octanol–water partition coefficient (Wildman–Crippen LogP) is 18.8. The third-order valence-corrected chi connectivity index (χ3v) is 14.5. The number of carbonyl (C=O) groups excluding carboxylic acids is 3. The van der Waals surface area contributed by atoms with Gasteiger partial charge in [-0.1, -0.05) is 196 Å². The lowest BCUT2D eigenvalue weighted by atomic mass is 9.84. The Morgan fingerprint density at radius 3 is 0.679 bits per heavy atom. The van der Waals surface area contributed by atoms with Gasteiger partial charge in [-0.2, -0.15) is 0 Å². The van der Waals surface area contributed by atoms with Gasteiger partial charge in [0.1, 0.15) is 0 Å². The highest BCUT2D eigenvalue weighted by molar-refractivity contribution is 6.51. The van der Waals surface area contributed by atoms with Crippen LogP contribution in [0.15, 0.2) is 89.9 Å². The van der Waals surface area contributed by atoms with Crippen molar-refractivity contribution in [3.05, 3.63) is 89.9 Å². The fourth-order valence-corrected chi connectivity index (χ4v) is 9.42. The fourth-order valence-electron chi connectivity index (χ4n) is 9.42. The van der Waals surface area contributed by atoms with Gasteiger partial charge in [0, 0.05) is 53.9 Å². The van der Waals surface area contributed by atoms with E-state index in [9.17, 15) is 14.4 Å². The number of benzene rings is 3. The zero-order chi connectivity index (χ0) is 58.0. The smallest absolute Gasteiger partial charge is 0.203 e. The van der Waals surface area contributed by atoms with Crippen LogP contribution in [0.25, 0.3) is 0 Å². The Hall–Kier alpha value is -5.91. The zero-order valence-electron chi connectivity index (χ0n) is 51.1. The third kappa shape index (κ3) is 26.7. The van der Waals surface area contributed by atoms with Gasteiger partial charge in [-0.15, -0.1) is 0 Å². The molecule has 12 nitrogen and oxygen atoms in total. The van der Waals surface area contributed by atoms with Crippen LogP contribution in [-0.2, 0) is 14.4 Å². The first-order chi connectivity index (χ1) is 39.8. The maximum Gasteiger partial charge on any atom is 0.203 e.